The molecule has 2 rings (SSSR count). The molecule has 3 N–H and O–H groups in total. The number of hydrogen-bond donors (Lipinski definition) is 3. The van der Waals surface area contributed by atoms with Crippen LogP contribution in [0.2, 0.25) is 0 Å². The van der Waals surface area contributed by atoms with Gasteiger partial charge in [0, 0.05) is 12.1 Å². The van der Waals surface area contributed by atoms with Gasteiger partial charge in [-0.3, -0.25) is 5.21 Å². The van der Waals surface area contributed by atoms with Crippen LogP contribution in [0, 0.1) is 0 Å². The molecule has 2 amide bonds. The summed E-state index contributed by atoms with van der Waals surface area (Å²) in [5.74, 6) is 0.0861. The number of aromatic hydroxyl groups is 1. The first-order valence-electron chi connectivity index (χ1n) is 8.38. The number of para-hydroxylation sites is 1. The van der Waals surface area contributed by atoms with E-state index in [-0.39, 0.29) is 5.75 Å². The summed E-state index contributed by atoms with van der Waals surface area (Å²) in [6, 6.07) is 6.16. The van der Waals surface area contributed by atoms with Gasteiger partial charge < -0.3 is 10.4 Å². The number of hydrazone groups is 1. The minimum absolute atomic E-state index is 0.0861. The number of nitrogens with one attached hydrogen (secondary N) is 1. The van der Waals surface area contributed by atoms with Gasteiger partial charge in [0.15, 0.2) is 10.5 Å². The first-order valence-corrected chi connectivity index (χ1v) is 9.60. The van der Waals surface area contributed by atoms with E-state index in [9.17, 15) is 15.1 Å². The van der Waals surface area contributed by atoms with E-state index in [4.69, 9.17) is 12.2 Å². The number of nitrogens with zero attached hydrogens (tertiary/aromatic N) is 3. The van der Waals surface area contributed by atoms with Crippen molar-refractivity contribution in [3.8, 4) is 5.75 Å². The van der Waals surface area contributed by atoms with Crippen molar-refractivity contribution in [1.29, 1.82) is 0 Å². The van der Waals surface area contributed by atoms with E-state index < -0.39 is 16.9 Å². The third-order valence-electron chi connectivity index (χ3n) is 3.90. The minimum atomic E-state index is -0.774. The second kappa shape index (κ2) is 8.70. The molecular weight excluding hydrogens is 372 g/mol. The van der Waals surface area contributed by atoms with Gasteiger partial charge in [0.1, 0.15) is 5.75 Å². The quantitative estimate of drug-likeness (QED) is 0.225. The number of phenols is 1. The van der Waals surface area contributed by atoms with Crippen molar-refractivity contribution in [2.24, 2.45) is 5.10 Å². The van der Waals surface area contributed by atoms with Crippen LogP contribution in [-0.2, 0) is 0 Å². The maximum atomic E-state index is 12.3. The number of unbranched alkanes of at least 4 members (excludes halogenated alkanes) is 1. The fourth-order valence-corrected chi connectivity index (χ4v) is 4.30. The Morgan fingerprint density at radius 3 is 2.85 bits per heavy atom. The first kappa shape index (κ1) is 20.5. The molecule has 0 saturated carbocycles. The van der Waals surface area contributed by atoms with Gasteiger partial charge >= 0.3 is 6.03 Å². The Morgan fingerprint density at radius 2 is 2.19 bits per heavy atom. The number of carbonyl (C=O) groups excluding carboxylic acids is 1. The molecule has 9 heteroatoms. The Hall–Kier alpha value is -1.84. The Bertz CT molecular complexity index is 696. The van der Waals surface area contributed by atoms with Crippen molar-refractivity contribution in [3.63, 3.8) is 0 Å². The number of rotatable bonds is 6. The monoisotopic (exact) mass is 396 g/mol. The van der Waals surface area contributed by atoms with Crippen molar-refractivity contribution in [1.82, 2.24) is 15.4 Å². The predicted octanol–water partition coefficient (Wildman–Crippen LogP) is 3.37. The predicted molar refractivity (Wildman–Crippen MR) is 108 cm³/mol. The SMILES string of the molecule is CCCCNC(=O)N(O)[C@H]1N(/N=C\c2ccccc2O)C(=S)SC1(C)C. The standard InChI is InChI=1S/C17H24N4O3S2/c1-4-5-10-18-15(23)21(24)14-17(2,3)26-16(25)20(14)19-11-12-8-6-7-9-13(12)22/h6-9,11,14,22,24H,4-5,10H2,1-3H3,(H,18,23)/b19-11-/t14-/m1/s1. The van der Waals surface area contributed by atoms with Crippen LogP contribution in [0.25, 0.3) is 0 Å². The van der Waals surface area contributed by atoms with Crippen LogP contribution in [0.15, 0.2) is 29.4 Å². The van der Waals surface area contributed by atoms with E-state index in [1.165, 1.54) is 23.0 Å². The maximum Gasteiger partial charge on any atom is 0.343 e. The number of phenolic OH excluding ortho intramolecular Hbond substituents is 1. The first-order chi connectivity index (χ1) is 12.3. The number of amides is 2. The second-order valence-corrected chi connectivity index (χ2v) is 8.71. The molecule has 0 radical (unpaired) electrons. The molecule has 1 fully saturated rings. The van der Waals surface area contributed by atoms with Crippen molar-refractivity contribution in [2.45, 2.75) is 44.5 Å². The second-order valence-electron chi connectivity index (χ2n) is 6.42. The van der Waals surface area contributed by atoms with Gasteiger partial charge in [-0.2, -0.15) is 10.2 Å². The highest BCUT2D eigenvalue weighted by Gasteiger charge is 2.49. The molecule has 1 aromatic carbocycles. The zero-order valence-corrected chi connectivity index (χ0v) is 16.7. The molecule has 0 unspecified atom stereocenters. The molecule has 1 aromatic rings. The fraction of sp³-hybridized carbons (Fsp3) is 0.471. The summed E-state index contributed by atoms with van der Waals surface area (Å²) >= 11 is 6.72. The van der Waals surface area contributed by atoms with Gasteiger partial charge in [-0.1, -0.05) is 49.5 Å². The molecule has 0 spiro atoms. The van der Waals surface area contributed by atoms with Gasteiger partial charge in [-0.15, -0.1) is 0 Å². The summed E-state index contributed by atoms with van der Waals surface area (Å²) in [6.07, 6.45) is 2.45. The number of thioether (sulfide) groups is 1. The highest BCUT2D eigenvalue weighted by atomic mass is 32.2. The van der Waals surface area contributed by atoms with Gasteiger partial charge in [-0.05, 0) is 32.4 Å². The lowest BCUT2D eigenvalue weighted by Crippen LogP contribution is -2.55. The Labute approximate surface area is 163 Å². The van der Waals surface area contributed by atoms with Gasteiger partial charge in [0.2, 0.25) is 0 Å². The Morgan fingerprint density at radius 1 is 1.50 bits per heavy atom. The van der Waals surface area contributed by atoms with Crippen LogP contribution in [0.1, 0.15) is 39.2 Å². The van der Waals surface area contributed by atoms with Gasteiger partial charge in [-0.25, -0.2) is 9.80 Å². The van der Waals surface area contributed by atoms with Crippen LogP contribution in [0.5, 0.6) is 5.75 Å². The topological polar surface area (TPSA) is 88.4 Å². The van der Waals surface area contributed by atoms with Crippen molar-refractivity contribution in [2.75, 3.05) is 6.54 Å². The largest absolute Gasteiger partial charge is 0.507 e. The summed E-state index contributed by atoms with van der Waals surface area (Å²) in [7, 11) is 0. The number of urea groups is 1. The van der Waals surface area contributed by atoms with E-state index in [1.807, 2.05) is 20.8 Å². The molecule has 0 aromatic heterocycles. The average molecular weight is 397 g/mol. The van der Waals surface area contributed by atoms with E-state index >= 15 is 0 Å². The lowest BCUT2D eigenvalue weighted by molar-refractivity contribution is -0.118. The number of thiocarbonyl (C=S) groups is 1. The third-order valence-corrected chi connectivity index (χ3v) is 5.43. The van der Waals surface area contributed by atoms with Crippen molar-refractivity contribution < 1.29 is 15.1 Å². The molecule has 7 nitrogen and oxygen atoms in total. The summed E-state index contributed by atoms with van der Waals surface area (Å²) in [5.41, 5.74) is 0.514. The molecule has 1 atom stereocenters. The minimum Gasteiger partial charge on any atom is -0.507 e. The van der Waals surface area contributed by atoms with Crippen LogP contribution >= 0.6 is 24.0 Å². The number of hydrogen-bond acceptors (Lipinski definition) is 6. The molecule has 1 aliphatic rings. The van der Waals surface area contributed by atoms with E-state index in [0.717, 1.165) is 12.8 Å². The van der Waals surface area contributed by atoms with E-state index in [1.54, 1.807) is 24.3 Å². The Balaban J connectivity index is 2.21. The third kappa shape index (κ3) is 4.66. The molecule has 142 valence electrons. The van der Waals surface area contributed by atoms with E-state index in [0.29, 0.717) is 21.5 Å². The fourth-order valence-electron chi connectivity index (χ4n) is 2.51. The van der Waals surface area contributed by atoms with Crippen molar-refractivity contribution in [3.05, 3.63) is 29.8 Å². The highest BCUT2D eigenvalue weighted by Crippen LogP contribution is 2.42. The Kier molecular flexibility index (Phi) is 6.85. The molecule has 0 bridgehead atoms. The number of benzene rings is 1. The van der Waals surface area contributed by atoms with Crippen LogP contribution in [0.4, 0.5) is 4.79 Å². The smallest absolute Gasteiger partial charge is 0.343 e. The van der Waals surface area contributed by atoms with Crippen LogP contribution in [-0.4, -0.2) is 54.4 Å². The maximum absolute atomic E-state index is 12.3. The highest BCUT2D eigenvalue weighted by molar-refractivity contribution is 8.24. The molecule has 26 heavy (non-hydrogen) atoms. The average Bonchev–Trinajstić information content (AvgIpc) is 2.81. The summed E-state index contributed by atoms with van der Waals surface area (Å²) in [5, 5.41) is 29.4. The van der Waals surface area contributed by atoms with Crippen LogP contribution in [0.3, 0.4) is 0 Å². The summed E-state index contributed by atoms with van der Waals surface area (Å²) < 4.78 is -0.128. The lowest BCUT2D eigenvalue weighted by Gasteiger charge is -2.34. The zero-order chi connectivity index (χ0) is 19.3. The van der Waals surface area contributed by atoms with Crippen LogP contribution < -0.4 is 5.32 Å². The van der Waals surface area contributed by atoms with Gasteiger partial charge in [0.25, 0.3) is 0 Å². The number of hydroxylamine groups is 2. The van der Waals surface area contributed by atoms with Gasteiger partial charge in [0.05, 0.1) is 11.0 Å². The normalized spacial score (nSPS) is 19.2. The number of carbonyl (C=O) groups is 1. The molecule has 1 saturated heterocycles. The molecule has 0 aliphatic carbocycles. The molecule has 1 heterocycles. The molecular formula is C17H24N4O3S2. The van der Waals surface area contributed by atoms with Crippen molar-refractivity contribution >= 4 is 40.5 Å². The summed E-state index contributed by atoms with van der Waals surface area (Å²) in [4.78, 5) is 12.3. The lowest BCUT2D eigenvalue weighted by atomic mass is 10.1. The van der Waals surface area contributed by atoms with E-state index in [2.05, 4.69) is 10.4 Å². The molecule has 1 aliphatic heterocycles. The zero-order valence-electron chi connectivity index (χ0n) is 15.0. The summed E-state index contributed by atoms with van der Waals surface area (Å²) in [6.45, 7) is 6.27.